The van der Waals surface area contributed by atoms with Crippen molar-refractivity contribution in [1.82, 2.24) is 10.2 Å². The predicted molar refractivity (Wildman–Crippen MR) is 92.8 cm³/mol. The molecule has 0 aromatic carbocycles. The highest BCUT2D eigenvalue weighted by molar-refractivity contribution is 6.11. The maximum atomic E-state index is 11.9. The van der Waals surface area contributed by atoms with E-state index < -0.39 is 17.9 Å². The Morgan fingerprint density at radius 1 is 1.04 bits per heavy atom. The summed E-state index contributed by atoms with van der Waals surface area (Å²) in [5.74, 6) is -1.20. The number of rotatable bonds is 13. The van der Waals surface area contributed by atoms with Crippen LogP contribution in [0.25, 0.3) is 0 Å². The van der Waals surface area contributed by atoms with Gasteiger partial charge in [-0.1, -0.05) is 32.6 Å². The van der Waals surface area contributed by atoms with Crippen LogP contribution in [-0.2, 0) is 14.4 Å². The van der Waals surface area contributed by atoms with Gasteiger partial charge < -0.3 is 5.11 Å². The normalized spacial score (nSPS) is 15.7. The minimum atomic E-state index is -0.807. The molecule has 1 saturated heterocycles. The maximum Gasteiger partial charge on any atom is 0.328 e. The van der Waals surface area contributed by atoms with Crippen LogP contribution in [0.1, 0.15) is 71.1 Å². The Labute approximate surface area is 148 Å². The summed E-state index contributed by atoms with van der Waals surface area (Å²) in [6, 6.07) is -0.458. The second-order valence-corrected chi connectivity index (χ2v) is 6.26. The lowest BCUT2D eigenvalue weighted by atomic mass is 10.1. The van der Waals surface area contributed by atoms with Crippen molar-refractivity contribution in [1.29, 1.82) is 0 Å². The van der Waals surface area contributed by atoms with E-state index in [1.807, 2.05) is 0 Å². The van der Waals surface area contributed by atoms with E-state index in [0.29, 0.717) is 25.8 Å². The number of carboxylic acids is 1. The van der Waals surface area contributed by atoms with Crippen LogP contribution in [0.5, 0.6) is 0 Å². The molecule has 25 heavy (non-hydrogen) atoms. The maximum absolute atomic E-state index is 11.9. The molecule has 0 saturated carbocycles. The van der Waals surface area contributed by atoms with Gasteiger partial charge in [0.15, 0.2) is 0 Å². The average molecular weight is 352 g/mol. The van der Waals surface area contributed by atoms with Gasteiger partial charge in [0.2, 0.25) is 0 Å². The van der Waals surface area contributed by atoms with E-state index in [4.69, 9.17) is 5.11 Å². The van der Waals surface area contributed by atoms with E-state index >= 15 is 0 Å². The van der Waals surface area contributed by atoms with Crippen molar-refractivity contribution in [2.24, 2.45) is 0 Å². The van der Waals surface area contributed by atoms with Crippen LogP contribution in [0.4, 0.5) is 4.79 Å². The zero-order valence-corrected chi connectivity index (χ0v) is 14.9. The number of ketones is 1. The number of imide groups is 1. The summed E-state index contributed by atoms with van der Waals surface area (Å²) < 4.78 is 0. The zero-order chi connectivity index (χ0) is 18.7. The van der Waals surface area contributed by atoms with Crippen LogP contribution < -0.4 is 5.32 Å². The number of urea groups is 1. The monoisotopic (exact) mass is 352 g/mol. The lowest BCUT2D eigenvalue weighted by molar-refractivity contribution is -0.137. The van der Waals surface area contributed by atoms with E-state index in [0.717, 1.165) is 32.1 Å². The summed E-state index contributed by atoms with van der Waals surface area (Å²) in [5.41, 5.74) is 0.249. The number of unbranched alkanes of at least 4 members (excludes halogenated alkanes) is 5. The number of hydrogen-bond acceptors (Lipinski definition) is 4. The molecule has 0 radical (unpaired) electrons. The highest BCUT2D eigenvalue weighted by atomic mass is 16.4. The van der Waals surface area contributed by atoms with E-state index in [1.54, 1.807) is 6.08 Å². The van der Waals surface area contributed by atoms with Crippen LogP contribution in [0, 0.1) is 0 Å². The van der Waals surface area contributed by atoms with Crippen molar-refractivity contribution in [3.63, 3.8) is 0 Å². The van der Waals surface area contributed by atoms with Gasteiger partial charge in [-0.05, 0) is 25.3 Å². The molecule has 0 bridgehead atoms. The fourth-order valence-electron chi connectivity index (χ4n) is 2.67. The molecule has 140 valence electrons. The molecule has 7 nitrogen and oxygen atoms in total. The van der Waals surface area contributed by atoms with Crippen LogP contribution in [0.3, 0.4) is 0 Å². The van der Waals surface area contributed by atoms with Gasteiger partial charge in [-0.2, -0.15) is 0 Å². The summed E-state index contributed by atoms with van der Waals surface area (Å²) in [7, 11) is 0. The van der Waals surface area contributed by atoms with Gasteiger partial charge in [-0.25, -0.2) is 4.79 Å². The van der Waals surface area contributed by atoms with E-state index in [1.165, 1.54) is 4.90 Å². The fraction of sp³-hybridized carbons (Fsp3) is 0.667. The number of hydrogen-bond donors (Lipinski definition) is 2. The van der Waals surface area contributed by atoms with Gasteiger partial charge in [0, 0.05) is 25.8 Å². The van der Waals surface area contributed by atoms with Crippen molar-refractivity contribution < 1.29 is 24.3 Å². The molecule has 0 atom stereocenters. The molecule has 1 rings (SSSR count). The molecule has 0 aliphatic carbocycles. The molecular formula is C18H28N2O5. The Morgan fingerprint density at radius 2 is 1.72 bits per heavy atom. The summed E-state index contributed by atoms with van der Waals surface area (Å²) in [5, 5.41) is 10.8. The third-order valence-electron chi connectivity index (χ3n) is 4.09. The molecule has 1 fully saturated rings. The molecule has 1 aliphatic heterocycles. The van der Waals surface area contributed by atoms with E-state index in [-0.39, 0.29) is 24.3 Å². The average Bonchev–Trinajstić information content (AvgIpc) is 2.82. The first-order valence-corrected chi connectivity index (χ1v) is 9.02. The first-order valence-electron chi connectivity index (χ1n) is 9.02. The number of carboxylic acid groups (broad SMARTS) is 1. The van der Waals surface area contributed by atoms with Crippen molar-refractivity contribution in [3.05, 3.63) is 11.8 Å². The summed E-state index contributed by atoms with van der Waals surface area (Å²) in [6.07, 6.45) is 8.10. The lowest BCUT2D eigenvalue weighted by Gasteiger charge is -2.15. The zero-order valence-electron chi connectivity index (χ0n) is 14.9. The molecule has 1 heterocycles. The van der Waals surface area contributed by atoms with Gasteiger partial charge in [0.25, 0.3) is 5.91 Å². The molecule has 0 aromatic rings. The van der Waals surface area contributed by atoms with Crippen molar-refractivity contribution in [2.75, 3.05) is 6.54 Å². The molecule has 0 aromatic heterocycles. The smallest absolute Gasteiger partial charge is 0.328 e. The highest BCUT2D eigenvalue weighted by Gasteiger charge is 2.32. The molecule has 0 unspecified atom stereocenters. The third kappa shape index (κ3) is 7.96. The standard InChI is InChI=1S/C18H28N2O5/c1-2-3-6-9-14(21)11-12-15-17(24)19-18(25)20(15)13-8-5-4-7-10-16(22)23/h12H,2-11,13H2,1H3,(H,22,23)(H,19,24,25)/b15-12+. The number of Topliss-reactive ketones (excluding diaryl/α,β-unsaturated/α-hetero) is 1. The highest BCUT2D eigenvalue weighted by Crippen LogP contribution is 2.16. The second-order valence-electron chi connectivity index (χ2n) is 6.26. The van der Waals surface area contributed by atoms with Crippen molar-refractivity contribution >= 4 is 23.7 Å². The number of amides is 3. The SMILES string of the molecule is CCCCCC(=O)C/C=C1\C(=O)NC(=O)N1CCCCCCC(=O)O. The Balaban J connectivity index is 2.43. The van der Waals surface area contributed by atoms with Gasteiger partial charge in [0.05, 0.1) is 0 Å². The second kappa shape index (κ2) is 11.4. The fourth-order valence-corrected chi connectivity index (χ4v) is 2.67. The van der Waals surface area contributed by atoms with E-state index in [9.17, 15) is 19.2 Å². The first-order chi connectivity index (χ1) is 12.0. The first kappa shape index (κ1) is 20.9. The lowest BCUT2D eigenvalue weighted by Crippen LogP contribution is -2.28. The van der Waals surface area contributed by atoms with Gasteiger partial charge in [-0.15, -0.1) is 0 Å². The van der Waals surface area contributed by atoms with Crippen molar-refractivity contribution in [3.8, 4) is 0 Å². The molecule has 1 aliphatic rings. The largest absolute Gasteiger partial charge is 0.481 e. The Kier molecular flexibility index (Phi) is 9.50. The summed E-state index contributed by atoms with van der Waals surface area (Å²) >= 11 is 0. The number of aliphatic carboxylic acids is 1. The number of nitrogens with zero attached hydrogens (tertiary/aromatic N) is 1. The topological polar surface area (TPSA) is 104 Å². The van der Waals surface area contributed by atoms with E-state index in [2.05, 4.69) is 12.2 Å². The molecule has 3 amide bonds. The summed E-state index contributed by atoms with van der Waals surface area (Å²) in [4.78, 5) is 47.4. The summed E-state index contributed by atoms with van der Waals surface area (Å²) in [6.45, 7) is 2.46. The quantitative estimate of drug-likeness (QED) is 0.301. The molecule has 2 N–H and O–H groups in total. The minimum Gasteiger partial charge on any atom is -0.481 e. The van der Waals surface area contributed by atoms with Gasteiger partial charge in [-0.3, -0.25) is 24.6 Å². The number of allylic oxidation sites excluding steroid dienone is 1. The third-order valence-corrected chi connectivity index (χ3v) is 4.09. The van der Waals surface area contributed by atoms with Gasteiger partial charge in [0.1, 0.15) is 11.5 Å². The van der Waals surface area contributed by atoms with Crippen molar-refractivity contribution in [2.45, 2.75) is 71.1 Å². The van der Waals surface area contributed by atoms with Gasteiger partial charge >= 0.3 is 12.0 Å². The number of nitrogens with one attached hydrogen (secondary N) is 1. The number of carbonyl (C=O) groups excluding carboxylic acids is 3. The van der Waals surface area contributed by atoms with Crippen LogP contribution in [-0.4, -0.2) is 40.2 Å². The molecule has 0 spiro atoms. The molecule has 7 heteroatoms. The Hall–Kier alpha value is -2.18. The predicted octanol–water partition coefficient (Wildman–Crippen LogP) is 3.00. The van der Waals surface area contributed by atoms with Crippen LogP contribution in [0.2, 0.25) is 0 Å². The Morgan fingerprint density at radius 3 is 2.40 bits per heavy atom. The van der Waals surface area contributed by atoms with Crippen LogP contribution in [0.15, 0.2) is 11.8 Å². The van der Waals surface area contributed by atoms with Crippen LogP contribution >= 0.6 is 0 Å². The minimum absolute atomic E-state index is 0.0710. The Bertz CT molecular complexity index is 528. The number of carbonyl (C=O) groups is 4. The molecular weight excluding hydrogens is 324 g/mol.